The summed E-state index contributed by atoms with van der Waals surface area (Å²) in [4.78, 5) is 34.0. The minimum Gasteiger partial charge on any atom is -0.481 e. The molecule has 0 aromatic rings. The normalized spacial score (nSPS) is 16.8. The lowest BCUT2D eigenvalue weighted by Crippen LogP contribution is -2.16. The summed E-state index contributed by atoms with van der Waals surface area (Å²) in [7, 11) is 0. The molecule has 1 aliphatic carbocycles. The van der Waals surface area contributed by atoms with Crippen LogP contribution in [-0.4, -0.2) is 22.6 Å². The van der Waals surface area contributed by atoms with E-state index in [0.29, 0.717) is 29.6 Å². The lowest BCUT2D eigenvalue weighted by atomic mass is 9.89. The highest BCUT2D eigenvalue weighted by Crippen LogP contribution is 2.21. The molecule has 0 radical (unpaired) electrons. The van der Waals surface area contributed by atoms with Crippen molar-refractivity contribution in [3.05, 3.63) is 34.4 Å². The van der Waals surface area contributed by atoms with Crippen molar-refractivity contribution in [2.75, 3.05) is 0 Å². The third-order valence-corrected chi connectivity index (χ3v) is 3.27. The molecule has 0 amide bonds. The van der Waals surface area contributed by atoms with Crippen LogP contribution < -0.4 is 0 Å². The Morgan fingerprint density at radius 3 is 2.42 bits per heavy atom. The molecule has 0 spiro atoms. The molecule has 1 aliphatic rings. The van der Waals surface area contributed by atoms with Crippen LogP contribution in [0.5, 0.6) is 0 Å². The molecule has 0 fully saturated rings. The average molecular weight is 262 g/mol. The molecular weight excluding hydrogens is 244 g/mol. The summed E-state index contributed by atoms with van der Waals surface area (Å²) in [6.07, 6.45) is 4.10. The number of rotatable bonds is 5. The Hall–Kier alpha value is -1.97. The van der Waals surface area contributed by atoms with Crippen LogP contribution >= 0.6 is 0 Å². The number of hydrogen-bond donors (Lipinski definition) is 1. The second-order valence-electron chi connectivity index (χ2n) is 4.76. The average Bonchev–Trinajstić information content (AvgIpc) is 2.36. The molecule has 0 aromatic heterocycles. The molecule has 1 N–H and O–H groups in total. The molecule has 4 heteroatoms. The van der Waals surface area contributed by atoms with E-state index in [0.717, 1.165) is 5.57 Å². The van der Waals surface area contributed by atoms with E-state index in [4.69, 9.17) is 5.11 Å². The molecule has 0 bridgehead atoms. The van der Waals surface area contributed by atoms with Crippen molar-refractivity contribution in [1.82, 2.24) is 0 Å². The Balaban J connectivity index is 2.71. The molecule has 102 valence electrons. The van der Waals surface area contributed by atoms with E-state index >= 15 is 0 Å². The van der Waals surface area contributed by atoms with Gasteiger partial charge in [-0.2, -0.15) is 0 Å². The van der Waals surface area contributed by atoms with Gasteiger partial charge in [-0.1, -0.05) is 11.6 Å². The minimum absolute atomic E-state index is 0.0757. The highest BCUT2D eigenvalue weighted by atomic mass is 16.4. The maximum atomic E-state index is 12.0. The third-order valence-electron chi connectivity index (χ3n) is 3.27. The molecule has 0 heterocycles. The molecule has 0 atom stereocenters. The Kier molecular flexibility index (Phi) is 4.98. The SMILES string of the molecule is CC1=C(C)C(=O)C(C/C=C(\C)CCC(=O)O)=CC1=O. The van der Waals surface area contributed by atoms with Crippen LogP contribution in [0.15, 0.2) is 34.4 Å². The van der Waals surface area contributed by atoms with Crippen molar-refractivity contribution in [3.63, 3.8) is 0 Å². The van der Waals surface area contributed by atoms with E-state index < -0.39 is 5.97 Å². The minimum atomic E-state index is -0.842. The first kappa shape index (κ1) is 15.1. The lowest BCUT2D eigenvalue weighted by Gasteiger charge is -2.13. The van der Waals surface area contributed by atoms with Gasteiger partial charge in [-0.3, -0.25) is 14.4 Å². The molecule has 0 saturated heterocycles. The monoisotopic (exact) mass is 262 g/mol. The predicted octanol–water partition coefficient (Wildman–Crippen LogP) is 2.60. The van der Waals surface area contributed by atoms with Crippen LogP contribution in [0.25, 0.3) is 0 Å². The Morgan fingerprint density at radius 2 is 1.84 bits per heavy atom. The molecule has 19 heavy (non-hydrogen) atoms. The summed E-state index contributed by atoms with van der Waals surface area (Å²) >= 11 is 0. The summed E-state index contributed by atoms with van der Waals surface area (Å²) in [5.74, 6) is -1.06. The summed E-state index contributed by atoms with van der Waals surface area (Å²) in [6, 6.07) is 0. The van der Waals surface area contributed by atoms with E-state index in [1.165, 1.54) is 6.08 Å². The van der Waals surface area contributed by atoms with E-state index in [1.807, 2.05) is 13.0 Å². The van der Waals surface area contributed by atoms with Crippen molar-refractivity contribution in [2.24, 2.45) is 0 Å². The molecule has 1 rings (SSSR count). The van der Waals surface area contributed by atoms with Crippen LogP contribution in [0, 0.1) is 0 Å². The molecule has 0 aliphatic heterocycles. The van der Waals surface area contributed by atoms with Gasteiger partial charge in [0, 0.05) is 23.1 Å². The zero-order chi connectivity index (χ0) is 14.6. The van der Waals surface area contributed by atoms with Crippen molar-refractivity contribution in [1.29, 1.82) is 0 Å². The summed E-state index contributed by atoms with van der Waals surface area (Å²) in [5, 5.41) is 8.58. The first-order chi connectivity index (χ1) is 8.82. The Labute approximate surface area is 112 Å². The van der Waals surface area contributed by atoms with Crippen molar-refractivity contribution < 1.29 is 19.5 Å². The Morgan fingerprint density at radius 1 is 1.21 bits per heavy atom. The number of allylic oxidation sites excluding steroid dienone is 6. The van der Waals surface area contributed by atoms with Gasteiger partial charge in [0.15, 0.2) is 11.6 Å². The molecule has 0 aromatic carbocycles. The van der Waals surface area contributed by atoms with Crippen LogP contribution in [0.1, 0.15) is 40.0 Å². The van der Waals surface area contributed by atoms with Gasteiger partial charge in [-0.15, -0.1) is 0 Å². The highest BCUT2D eigenvalue weighted by Gasteiger charge is 2.21. The molecule has 0 saturated carbocycles. The number of aliphatic carboxylic acids is 1. The van der Waals surface area contributed by atoms with E-state index in [1.54, 1.807) is 13.8 Å². The smallest absolute Gasteiger partial charge is 0.303 e. The lowest BCUT2D eigenvalue weighted by molar-refractivity contribution is -0.137. The zero-order valence-electron chi connectivity index (χ0n) is 11.4. The number of carbonyl (C=O) groups is 3. The number of Topliss-reactive ketones (excluding diaryl/α,β-unsaturated/α-hetero) is 1. The second-order valence-corrected chi connectivity index (χ2v) is 4.76. The van der Waals surface area contributed by atoms with Crippen LogP contribution in [0.4, 0.5) is 0 Å². The van der Waals surface area contributed by atoms with Crippen molar-refractivity contribution >= 4 is 17.5 Å². The van der Waals surface area contributed by atoms with Crippen LogP contribution in [0.2, 0.25) is 0 Å². The summed E-state index contributed by atoms with van der Waals surface area (Å²) in [5.41, 5.74) is 2.38. The topological polar surface area (TPSA) is 71.4 Å². The van der Waals surface area contributed by atoms with Crippen LogP contribution in [0.3, 0.4) is 0 Å². The fourth-order valence-electron chi connectivity index (χ4n) is 1.77. The first-order valence-electron chi connectivity index (χ1n) is 6.17. The van der Waals surface area contributed by atoms with Gasteiger partial charge in [-0.05, 0) is 39.7 Å². The first-order valence-corrected chi connectivity index (χ1v) is 6.17. The van der Waals surface area contributed by atoms with E-state index in [9.17, 15) is 14.4 Å². The fourth-order valence-corrected chi connectivity index (χ4v) is 1.77. The third kappa shape index (κ3) is 4.02. The number of carboxylic acids is 1. The van der Waals surface area contributed by atoms with Gasteiger partial charge in [0.05, 0.1) is 0 Å². The molecule has 4 nitrogen and oxygen atoms in total. The van der Waals surface area contributed by atoms with Gasteiger partial charge in [-0.25, -0.2) is 0 Å². The second kappa shape index (κ2) is 6.27. The summed E-state index contributed by atoms with van der Waals surface area (Å²) < 4.78 is 0. The van der Waals surface area contributed by atoms with Gasteiger partial charge >= 0.3 is 5.97 Å². The van der Waals surface area contributed by atoms with Crippen molar-refractivity contribution in [3.8, 4) is 0 Å². The number of ketones is 2. The predicted molar refractivity (Wildman–Crippen MR) is 71.7 cm³/mol. The van der Waals surface area contributed by atoms with Gasteiger partial charge in [0.25, 0.3) is 0 Å². The maximum absolute atomic E-state index is 12.0. The summed E-state index contributed by atoms with van der Waals surface area (Å²) in [6.45, 7) is 5.13. The van der Waals surface area contributed by atoms with E-state index in [-0.39, 0.29) is 18.0 Å². The maximum Gasteiger partial charge on any atom is 0.303 e. The van der Waals surface area contributed by atoms with E-state index in [2.05, 4.69) is 0 Å². The Bertz CT molecular complexity index is 518. The highest BCUT2D eigenvalue weighted by molar-refractivity contribution is 6.22. The molecule has 0 unspecified atom stereocenters. The number of carbonyl (C=O) groups excluding carboxylic acids is 2. The van der Waals surface area contributed by atoms with Gasteiger partial charge < -0.3 is 5.11 Å². The fraction of sp³-hybridized carbons (Fsp3) is 0.400. The zero-order valence-corrected chi connectivity index (χ0v) is 11.4. The van der Waals surface area contributed by atoms with Crippen LogP contribution in [-0.2, 0) is 14.4 Å². The number of carboxylic acid groups (broad SMARTS) is 1. The van der Waals surface area contributed by atoms with Gasteiger partial charge in [0.2, 0.25) is 0 Å². The largest absolute Gasteiger partial charge is 0.481 e. The standard InChI is InChI=1S/C15H18O4/c1-9(5-7-14(17)18)4-6-12-8-13(16)10(2)11(3)15(12)19/h4,8H,5-7H2,1-3H3,(H,17,18)/b9-4+. The molecular formula is C15H18O4. The van der Waals surface area contributed by atoms with Crippen molar-refractivity contribution in [2.45, 2.75) is 40.0 Å². The number of hydrogen-bond acceptors (Lipinski definition) is 3. The quantitative estimate of drug-likeness (QED) is 0.610. The van der Waals surface area contributed by atoms with Gasteiger partial charge in [0.1, 0.15) is 0 Å².